The van der Waals surface area contributed by atoms with Crippen LogP contribution in [0.2, 0.25) is 0 Å². The Morgan fingerprint density at radius 1 is 0.630 bits per heavy atom. The molecule has 0 fully saturated rings. The maximum Gasteiger partial charge on any atom is 3.00 e. The van der Waals surface area contributed by atoms with Crippen molar-refractivity contribution in [2.45, 2.75) is 110 Å². The van der Waals surface area contributed by atoms with Gasteiger partial charge in [0.25, 0.3) is 0 Å². The monoisotopic (exact) mass is 442 g/mol. The molecule has 0 spiro atoms. The number of carboxylic acids is 1. The number of carbonyl (C=O) groups excluding carboxylic acids is 1. The molecule has 0 unspecified atom stereocenters. The van der Waals surface area contributed by atoms with Crippen LogP contribution in [-0.2, 0) is 4.79 Å². The molecule has 152 valence electrons. The van der Waals surface area contributed by atoms with E-state index in [0.29, 0.717) is 0 Å². The van der Waals surface area contributed by atoms with Crippen molar-refractivity contribution >= 4 is 70.1 Å². The second-order valence-electron chi connectivity index (χ2n) is 6.57. The topological polar surface area (TPSA) is 132 Å². The van der Waals surface area contributed by atoms with Gasteiger partial charge in [0.15, 0.2) is 0 Å². The van der Waals surface area contributed by atoms with E-state index in [9.17, 15) is 9.90 Å². The average Bonchev–Trinajstić information content (AvgIpc) is 2.49. The molecule has 0 aromatic heterocycles. The van der Waals surface area contributed by atoms with E-state index in [4.69, 9.17) is 19.2 Å². The van der Waals surface area contributed by atoms with Gasteiger partial charge in [-0.1, -0.05) is 96.8 Å². The number of rotatable bonds is 16. The third-order valence-electron chi connectivity index (χ3n) is 3.98. The number of hydrogen-bond donors (Lipinski definition) is 0. The first-order valence-electron chi connectivity index (χ1n) is 9.79. The van der Waals surface area contributed by atoms with Gasteiger partial charge in [-0.3, -0.25) is 0 Å². The Balaban J connectivity index is -0.000000333. The van der Waals surface area contributed by atoms with Crippen LogP contribution in [0.25, 0.3) is 0 Å². The maximum atomic E-state index is 10.2. The summed E-state index contributed by atoms with van der Waals surface area (Å²) in [7, 11) is -5.61. The molecule has 0 heterocycles. The number of unbranched alkanes of at least 4 members (excludes halogenated alkanes) is 14. The van der Waals surface area contributed by atoms with Crippen LogP contribution in [-0.4, -0.2) is 70.1 Å². The summed E-state index contributed by atoms with van der Waals surface area (Å²) in [6, 6.07) is 0. The second kappa shape index (κ2) is 27.3. The van der Waals surface area contributed by atoms with Crippen molar-refractivity contribution in [1.82, 2.24) is 0 Å². The Bertz CT molecular complexity index is 288. The average molecular weight is 443 g/mol. The molecular weight excluding hydrogens is 407 g/mol. The molecule has 0 radical (unpaired) electrons. The fraction of sp³-hybridized carbons (Fsp3) is 0.944. The van der Waals surface area contributed by atoms with Crippen molar-refractivity contribution in [3.63, 3.8) is 0 Å². The molecule has 0 amide bonds. The Labute approximate surface area is 207 Å². The largest absolute Gasteiger partial charge is 3.00 e. The van der Waals surface area contributed by atoms with Crippen LogP contribution in [0.1, 0.15) is 110 Å². The van der Waals surface area contributed by atoms with Crippen molar-refractivity contribution in [2.24, 2.45) is 0 Å². The van der Waals surface area contributed by atoms with Gasteiger partial charge in [0.05, 0.1) is 0 Å². The van der Waals surface area contributed by atoms with Gasteiger partial charge in [0.2, 0.25) is 0 Å². The SMILES string of the molecule is CCCCCCCCCCCCCCCCCC(=O)[O-].[Al+3].[Ca+2].[O-][Si]([O-])([O-])[O-]. The molecule has 0 aromatic carbocycles. The zero-order chi connectivity index (χ0) is 19.4. The van der Waals surface area contributed by atoms with Gasteiger partial charge in [-0.2, -0.15) is 0 Å². The fourth-order valence-electron chi connectivity index (χ4n) is 2.64. The van der Waals surface area contributed by atoms with E-state index in [1.165, 1.54) is 83.5 Å². The summed E-state index contributed by atoms with van der Waals surface area (Å²) in [5, 5.41) is 10.2. The van der Waals surface area contributed by atoms with Gasteiger partial charge in [0, 0.05) is 5.97 Å². The molecular formula is C18H35AlCaO6Si. The minimum absolute atomic E-state index is 0. The zero-order valence-corrected chi connectivity index (χ0v) is 21.4. The van der Waals surface area contributed by atoms with Gasteiger partial charge < -0.3 is 38.1 Å². The zero-order valence-electron chi connectivity index (χ0n) is 17.0. The number of aliphatic carboxylic acids is 1. The Morgan fingerprint density at radius 3 is 1.07 bits per heavy atom. The van der Waals surface area contributed by atoms with Gasteiger partial charge in [-0.25, -0.2) is 0 Å². The van der Waals surface area contributed by atoms with Gasteiger partial charge in [0.1, 0.15) is 0 Å². The van der Waals surface area contributed by atoms with Crippen molar-refractivity contribution in [2.75, 3.05) is 0 Å². The minimum atomic E-state index is -5.61. The third kappa shape index (κ3) is 52.2. The first-order chi connectivity index (χ1) is 11.8. The van der Waals surface area contributed by atoms with Crippen molar-refractivity contribution < 1.29 is 29.1 Å². The van der Waals surface area contributed by atoms with E-state index in [1.807, 2.05) is 0 Å². The van der Waals surface area contributed by atoms with Gasteiger partial charge in [-0.05, 0) is 12.8 Å². The van der Waals surface area contributed by atoms with E-state index in [1.54, 1.807) is 0 Å². The van der Waals surface area contributed by atoms with Crippen LogP contribution in [0.4, 0.5) is 0 Å². The van der Waals surface area contributed by atoms with Crippen molar-refractivity contribution in [1.29, 1.82) is 0 Å². The molecule has 0 rings (SSSR count). The molecule has 6 nitrogen and oxygen atoms in total. The molecule has 0 bridgehead atoms. The summed E-state index contributed by atoms with van der Waals surface area (Å²) in [4.78, 5) is 44.5. The summed E-state index contributed by atoms with van der Waals surface area (Å²) in [5.74, 6) is -0.903. The van der Waals surface area contributed by atoms with Crippen LogP contribution >= 0.6 is 0 Å². The van der Waals surface area contributed by atoms with Gasteiger partial charge >= 0.3 is 55.1 Å². The summed E-state index contributed by atoms with van der Waals surface area (Å²) in [5.41, 5.74) is 0. The predicted molar refractivity (Wildman–Crippen MR) is 102 cm³/mol. The van der Waals surface area contributed by atoms with Crippen molar-refractivity contribution in [3.05, 3.63) is 0 Å². The minimum Gasteiger partial charge on any atom is -0.894 e. The fourth-order valence-corrected chi connectivity index (χ4v) is 2.64. The summed E-state index contributed by atoms with van der Waals surface area (Å²) < 4.78 is 0. The van der Waals surface area contributed by atoms with Gasteiger partial charge in [-0.15, -0.1) is 0 Å². The number of carbonyl (C=O) groups is 1. The molecule has 0 atom stereocenters. The van der Waals surface area contributed by atoms with E-state index >= 15 is 0 Å². The summed E-state index contributed by atoms with van der Waals surface area (Å²) in [6.07, 6.45) is 19.9. The van der Waals surface area contributed by atoms with Crippen LogP contribution in [0.5, 0.6) is 0 Å². The molecule has 0 aliphatic carbocycles. The molecule has 9 heteroatoms. The molecule has 27 heavy (non-hydrogen) atoms. The summed E-state index contributed by atoms with van der Waals surface area (Å²) in [6.45, 7) is 2.27. The molecule has 0 aliphatic rings. The Morgan fingerprint density at radius 2 is 0.852 bits per heavy atom. The number of hydrogen-bond acceptors (Lipinski definition) is 6. The number of carboxylic acid groups (broad SMARTS) is 1. The maximum absolute atomic E-state index is 10.2. The van der Waals surface area contributed by atoms with Crippen molar-refractivity contribution in [3.8, 4) is 0 Å². The third-order valence-corrected chi connectivity index (χ3v) is 3.98. The van der Waals surface area contributed by atoms with E-state index in [-0.39, 0.29) is 61.5 Å². The molecule has 0 N–H and O–H groups in total. The van der Waals surface area contributed by atoms with Crippen LogP contribution < -0.4 is 24.3 Å². The molecule has 0 aliphatic heterocycles. The van der Waals surface area contributed by atoms with Crippen LogP contribution in [0.15, 0.2) is 0 Å². The Hall–Kier alpha value is 1.32. The smallest absolute Gasteiger partial charge is 0.894 e. The van der Waals surface area contributed by atoms with Crippen LogP contribution in [0.3, 0.4) is 0 Å². The molecule has 0 saturated carbocycles. The predicted octanol–water partition coefficient (Wildman–Crippen LogP) is -0.901. The van der Waals surface area contributed by atoms with E-state index < -0.39 is 15.0 Å². The molecule has 0 saturated heterocycles. The normalized spacial score (nSPS) is 10.3. The molecule has 0 aromatic rings. The summed E-state index contributed by atoms with van der Waals surface area (Å²) >= 11 is 0. The van der Waals surface area contributed by atoms with E-state index in [2.05, 4.69) is 6.92 Å². The first-order valence-corrected chi connectivity index (χ1v) is 11.4. The second-order valence-corrected chi connectivity index (χ2v) is 7.57. The Kier molecular flexibility index (Phi) is 36.2. The quantitative estimate of drug-likeness (QED) is 0.225. The van der Waals surface area contributed by atoms with Crippen LogP contribution in [0, 0.1) is 0 Å². The van der Waals surface area contributed by atoms with E-state index in [0.717, 1.165) is 12.8 Å². The standard InChI is InChI=1S/C18H36O2.Al.Ca.O4Si/c1-2-3-4-5-6-7-8-9-10-11-12-13-14-15-16-17-18(19)20;;;1-5(2,3)4/h2-17H2,1H3,(H,19,20);;;/q;+3;+2;-4/p-1. The first kappa shape index (κ1) is 35.7.